The van der Waals surface area contributed by atoms with Crippen LogP contribution in [-0.4, -0.2) is 33.8 Å². The summed E-state index contributed by atoms with van der Waals surface area (Å²) in [5, 5.41) is 13.3. The average molecular weight is 185 g/mol. The zero-order valence-corrected chi connectivity index (χ0v) is 9.80. The van der Waals surface area contributed by atoms with E-state index >= 15 is 0 Å². The smallest absolute Gasteiger partial charge is 0.0961 e. The van der Waals surface area contributed by atoms with Gasteiger partial charge >= 0.3 is 0 Å². The molecule has 0 spiro atoms. The van der Waals surface area contributed by atoms with Gasteiger partial charge in [-0.05, 0) is 48.6 Å². The lowest BCUT2D eigenvalue weighted by Crippen LogP contribution is -2.52. The third-order valence-corrected chi connectivity index (χ3v) is 4.16. The van der Waals surface area contributed by atoms with Crippen LogP contribution < -0.4 is 0 Å². The first-order valence-electron chi connectivity index (χ1n) is 4.77. The highest BCUT2D eigenvalue weighted by molar-refractivity contribution is 5.10. The average Bonchev–Trinajstić information content (AvgIpc) is 2.05. The van der Waals surface area contributed by atoms with E-state index in [4.69, 9.17) is 0 Å². The van der Waals surface area contributed by atoms with Crippen molar-refractivity contribution in [2.24, 2.45) is 0 Å². The van der Waals surface area contributed by atoms with E-state index < -0.39 is 5.66 Å². The summed E-state index contributed by atoms with van der Waals surface area (Å²) in [5.74, 6) is 0. The Balaban J connectivity index is 3.20. The van der Waals surface area contributed by atoms with Crippen LogP contribution >= 0.6 is 0 Å². The fourth-order valence-corrected chi connectivity index (χ4v) is 2.16. The first kappa shape index (κ1) is 11.0. The molecule has 1 radical (unpaired) electrons. The Morgan fingerprint density at radius 1 is 0.846 bits per heavy atom. The Hall–Kier alpha value is -0.120. The van der Waals surface area contributed by atoms with Crippen LogP contribution in [0.25, 0.3) is 0 Å². The fourth-order valence-electron chi connectivity index (χ4n) is 2.16. The van der Waals surface area contributed by atoms with Gasteiger partial charge in [-0.15, -0.1) is 10.3 Å². The van der Waals surface area contributed by atoms with Gasteiger partial charge < -0.3 is 0 Å². The molecule has 0 aromatic heterocycles. The zero-order valence-electron chi connectivity index (χ0n) is 9.80. The molecule has 0 aromatic carbocycles. The van der Waals surface area contributed by atoms with E-state index in [9.17, 15) is 5.21 Å². The fraction of sp³-hybridized carbons (Fsp3) is 1.00. The van der Waals surface area contributed by atoms with Gasteiger partial charge in [-0.2, -0.15) is 0 Å². The van der Waals surface area contributed by atoms with Crippen LogP contribution in [0.2, 0.25) is 0 Å². The van der Waals surface area contributed by atoms with E-state index in [1.54, 1.807) is 0 Å². The molecule has 1 fully saturated rings. The van der Waals surface area contributed by atoms with Gasteiger partial charge in [-0.25, -0.2) is 0 Å². The zero-order chi connectivity index (χ0) is 10.7. The van der Waals surface area contributed by atoms with Crippen LogP contribution in [0.3, 0.4) is 0 Å². The van der Waals surface area contributed by atoms with E-state index in [0.717, 1.165) is 0 Å². The van der Waals surface area contributed by atoms with Crippen molar-refractivity contribution < 1.29 is 5.21 Å². The molecule has 0 amide bonds. The quantitative estimate of drug-likeness (QED) is 0.576. The van der Waals surface area contributed by atoms with Gasteiger partial charge in [0, 0.05) is 5.54 Å². The monoisotopic (exact) mass is 185 g/mol. The maximum Gasteiger partial charge on any atom is 0.0961 e. The molecular weight excluding hydrogens is 164 g/mol. The van der Waals surface area contributed by atoms with E-state index in [1.165, 1.54) is 5.06 Å². The van der Waals surface area contributed by atoms with E-state index in [-0.39, 0.29) is 11.1 Å². The van der Waals surface area contributed by atoms with E-state index in [0.29, 0.717) is 0 Å². The molecule has 1 aliphatic heterocycles. The molecule has 1 saturated heterocycles. The lowest BCUT2D eigenvalue weighted by atomic mass is 9.83. The summed E-state index contributed by atoms with van der Waals surface area (Å²) in [6, 6.07) is 0. The lowest BCUT2D eigenvalue weighted by Gasteiger charge is -2.39. The Kier molecular flexibility index (Phi) is 2.08. The van der Waals surface area contributed by atoms with Crippen molar-refractivity contribution in [3.8, 4) is 0 Å². The van der Waals surface area contributed by atoms with Crippen LogP contribution in [0, 0.1) is 0 Å². The number of hydrogen-bond donors (Lipinski definition) is 0. The van der Waals surface area contributed by atoms with Gasteiger partial charge in [0.05, 0.1) is 11.2 Å². The topological polar surface area (TPSA) is 26.4 Å². The van der Waals surface area contributed by atoms with Gasteiger partial charge in [0.15, 0.2) is 0 Å². The van der Waals surface area contributed by atoms with Gasteiger partial charge in [0.1, 0.15) is 0 Å². The number of rotatable bonds is 0. The molecule has 0 N–H and O–H groups in total. The maximum absolute atomic E-state index is 12.0. The lowest BCUT2D eigenvalue weighted by molar-refractivity contribution is -0.258. The predicted molar refractivity (Wildman–Crippen MR) is 52.5 cm³/mol. The molecule has 0 unspecified atom stereocenters. The summed E-state index contributed by atoms with van der Waals surface area (Å²) in [6.07, 6.45) is 0. The number of hydrogen-bond acceptors (Lipinski definition) is 2. The van der Waals surface area contributed by atoms with Crippen molar-refractivity contribution in [3.63, 3.8) is 0 Å². The van der Waals surface area contributed by atoms with Gasteiger partial charge in [0.2, 0.25) is 0 Å². The molecule has 0 bridgehead atoms. The molecule has 77 valence electrons. The number of hydroxylamine groups is 2. The highest BCUT2D eigenvalue weighted by Gasteiger charge is 2.60. The molecule has 1 rings (SSSR count). The van der Waals surface area contributed by atoms with E-state index in [2.05, 4.69) is 18.7 Å². The highest BCUT2D eigenvalue weighted by Crippen LogP contribution is 2.46. The molecule has 0 aliphatic carbocycles. The first-order valence-corrected chi connectivity index (χ1v) is 4.77. The number of nitrogens with zero attached hydrogens (tertiary/aromatic N) is 2. The largest absolute Gasteiger partial charge is 0.280 e. The van der Waals surface area contributed by atoms with Crippen molar-refractivity contribution in [3.05, 3.63) is 0 Å². The van der Waals surface area contributed by atoms with Gasteiger partial charge in [0.25, 0.3) is 0 Å². The summed E-state index contributed by atoms with van der Waals surface area (Å²) < 4.78 is 0. The molecule has 0 atom stereocenters. The molecule has 3 heteroatoms. The Bertz CT molecular complexity index is 199. The summed E-state index contributed by atoms with van der Waals surface area (Å²) >= 11 is 0. The van der Waals surface area contributed by atoms with Crippen LogP contribution in [0.1, 0.15) is 41.5 Å². The van der Waals surface area contributed by atoms with Crippen molar-refractivity contribution in [1.82, 2.24) is 9.96 Å². The standard InChI is InChI=1S/C10H21N2O/c1-8(2)9(3,4)12(13)10(5,6)11(8)7/h1-7H3. The van der Waals surface area contributed by atoms with Crippen molar-refractivity contribution in [1.29, 1.82) is 0 Å². The molecule has 1 aliphatic rings. The summed E-state index contributed by atoms with van der Waals surface area (Å²) in [6.45, 7) is 12.2. The third-order valence-electron chi connectivity index (χ3n) is 4.16. The molecule has 3 nitrogen and oxygen atoms in total. The second-order valence-corrected chi connectivity index (χ2v) is 5.47. The second kappa shape index (κ2) is 2.47. The van der Waals surface area contributed by atoms with Crippen molar-refractivity contribution in [2.45, 2.75) is 58.3 Å². The first-order chi connectivity index (χ1) is 5.56. The van der Waals surface area contributed by atoms with Crippen molar-refractivity contribution in [2.75, 3.05) is 7.05 Å². The molecule has 0 aromatic rings. The predicted octanol–water partition coefficient (Wildman–Crippen LogP) is 1.87. The van der Waals surface area contributed by atoms with Crippen LogP contribution in [-0.2, 0) is 5.21 Å². The molecular formula is C10H21N2O. The minimum absolute atomic E-state index is 0.0990. The number of likely N-dealkylation sites (N-methyl/N-ethyl adjacent to an activating group) is 1. The molecule has 1 heterocycles. The maximum atomic E-state index is 12.0. The highest BCUT2D eigenvalue weighted by atomic mass is 16.5. The Morgan fingerprint density at radius 2 is 1.23 bits per heavy atom. The molecule has 0 saturated carbocycles. The summed E-state index contributed by atoms with van der Waals surface area (Å²) in [7, 11) is 2.01. The summed E-state index contributed by atoms with van der Waals surface area (Å²) in [4.78, 5) is 2.15. The van der Waals surface area contributed by atoms with Crippen molar-refractivity contribution >= 4 is 0 Å². The third kappa shape index (κ3) is 1.07. The SMILES string of the molecule is CN1C(C)(C)N([O])C(C)(C)C1(C)C. The second-order valence-electron chi connectivity index (χ2n) is 5.47. The normalized spacial score (nSPS) is 32.3. The van der Waals surface area contributed by atoms with E-state index in [1.807, 2.05) is 34.7 Å². The Morgan fingerprint density at radius 3 is 1.31 bits per heavy atom. The molecule has 13 heavy (non-hydrogen) atoms. The van der Waals surface area contributed by atoms with Gasteiger partial charge in [-0.3, -0.25) is 4.90 Å². The van der Waals surface area contributed by atoms with Crippen LogP contribution in [0.4, 0.5) is 0 Å². The van der Waals surface area contributed by atoms with Gasteiger partial charge in [-0.1, -0.05) is 0 Å². The Labute approximate surface area is 81.3 Å². The summed E-state index contributed by atoms with van der Waals surface area (Å²) in [5.41, 5.74) is -0.851. The minimum atomic E-state index is -0.410. The van der Waals surface area contributed by atoms with Crippen LogP contribution in [0.5, 0.6) is 0 Å². The van der Waals surface area contributed by atoms with Crippen LogP contribution in [0.15, 0.2) is 0 Å². The minimum Gasteiger partial charge on any atom is -0.280 e.